The van der Waals surface area contributed by atoms with E-state index in [1.54, 1.807) is 18.2 Å². The van der Waals surface area contributed by atoms with Gasteiger partial charge in [-0.2, -0.15) is 0 Å². The first-order valence-electron chi connectivity index (χ1n) is 7.15. The van der Waals surface area contributed by atoms with Crippen molar-refractivity contribution >= 4 is 39.4 Å². The first-order chi connectivity index (χ1) is 11.7. The third-order valence-corrected chi connectivity index (χ3v) is 4.36. The van der Waals surface area contributed by atoms with Crippen molar-refractivity contribution in [1.82, 2.24) is 5.32 Å². The fourth-order valence-electron chi connectivity index (χ4n) is 2.26. The molecule has 4 nitrogen and oxygen atoms in total. The standard InChI is InChI=1S/C17H13BrClF2NO3/c18-14-2-1-11(19)6-10(14)7-15(17(24)25)22-16(23)5-9-3-12(20)8-13(21)4-9/h1-4,6,8,15H,5,7H2,(H,22,23)(H,24,25)/t15-/m0/s1. The van der Waals surface area contributed by atoms with Crippen LogP contribution in [0, 0.1) is 11.6 Å². The van der Waals surface area contributed by atoms with Gasteiger partial charge in [0.25, 0.3) is 0 Å². The second-order valence-corrected chi connectivity index (χ2v) is 6.64. The van der Waals surface area contributed by atoms with E-state index in [0.29, 0.717) is 21.1 Å². The van der Waals surface area contributed by atoms with E-state index in [4.69, 9.17) is 11.6 Å². The summed E-state index contributed by atoms with van der Waals surface area (Å²) in [6, 6.07) is 6.43. The lowest BCUT2D eigenvalue weighted by Crippen LogP contribution is -2.43. The van der Waals surface area contributed by atoms with E-state index in [2.05, 4.69) is 21.2 Å². The average molecular weight is 433 g/mol. The van der Waals surface area contributed by atoms with Gasteiger partial charge in [0.1, 0.15) is 17.7 Å². The highest BCUT2D eigenvalue weighted by Gasteiger charge is 2.22. The summed E-state index contributed by atoms with van der Waals surface area (Å²) >= 11 is 9.19. The van der Waals surface area contributed by atoms with Crippen LogP contribution in [0.15, 0.2) is 40.9 Å². The van der Waals surface area contributed by atoms with Crippen molar-refractivity contribution in [3.8, 4) is 0 Å². The van der Waals surface area contributed by atoms with Gasteiger partial charge in [0, 0.05) is 22.0 Å². The number of carbonyl (C=O) groups excluding carboxylic acids is 1. The molecule has 0 bridgehead atoms. The second-order valence-electron chi connectivity index (χ2n) is 5.35. The maximum absolute atomic E-state index is 13.2. The Morgan fingerprint density at radius 1 is 1.16 bits per heavy atom. The molecule has 0 saturated carbocycles. The van der Waals surface area contributed by atoms with Crippen molar-refractivity contribution < 1.29 is 23.5 Å². The van der Waals surface area contributed by atoms with Crippen LogP contribution in [0.3, 0.4) is 0 Å². The first kappa shape index (κ1) is 19.3. The molecule has 0 aliphatic heterocycles. The Labute approximate surface area is 155 Å². The lowest BCUT2D eigenvalue weighted by Gasteiger charge is -2.16. The molecule has 0 heterocycles. The van der Waals surface area contributed by atoms with Crippen LogP contribution in [0.1, 0.15) is 11.1 Å². The van der Waals surface area contributed by atoms with Gasteiger partial charge in [-0.05, 0) is 41.5 Å². The molecule has 0 spiro atoms. The zero-order valence-corrected chi connectivity index (χ0v) is 15.1. The molecule has 0 radical (unpaired) electrons. The smallest absolute Gasteiger partial charge is 0.326 e. The Hall–Kier alpha value is -1.99. The SMILES string of the molecule is O=C(Cc1cc(F)cc(F)c1)N[C@@H](Cc1cc(Cl)ccc1Br)C(=O)O. The molecule has 2 N–H and O–H groups in total. The predicted octanol–water partition coefficient (Wildman–Crippen LogP) is 3.74. The van der Waals surface area contributed by atoms with Gasteiger partial charge in [-0.3, -0.25) is 4.79 Å². The maximum atomic E-state index is 13.2. The quantitative estimate of drug-likeness (QED) is 0.731. The third-order valence-electron chi connectivity index (χ3n) is 3.35. The highest BCUT2D eigenvalue weighted by molar-refractivity contribution is 9.10. The van der Waals surface area contributed by atoms with Gasteiger partial charge in [-0.15, -0.1) is 0 Å². The van der Waals surface area contributed by atoms with Crippen LogP contribution in [0.5, 0.6) is 0 Å². The van der Waals surface area contributed by atoms with Crippen LogP contribution < -0.4 is 5.32 Å². The molecule has 0 aromatic heterocycles. The minimum absolute atomic E-state index is 0.000269. The molecule has 0 saturated heterocycles. The summed E-state index contributed by atoms with van der Waals surface area (Å²) < 4.78 is 27.0. The Balaban J connectivity index is 2.09. The van der Waals surface area contributed by atoms with Crippen molar-refractivity contribution in [2.45, 2.75) is 18.9 Å². The summed E-state index contributed by atoms with van der Waals surface area (Å²) in [4.78, 5) is 23.4. The van der Waals surface area contributed by atoms with Crippen LogP contribution in [0.2, 0.25) is 5.02 Å². The van der Waals surface area contributed by atoms with Crippen LogP contribution in [-0.4, -0.2) is 23.0 Å². The number of nitrogens with one attached hydrogen (secondary N) is 1. The van der Waals surface area contributed by atoms with E-state index in [1.807, 2.05) is 0 Å². The summed E-state index contributed by atoms with van der Waals surface area (Å²) in [7, 11) is 0. The van der Waals surface area contributed by atoms with Gasteiger partial charge < -0.3 is 10.4 Å². The van der Waals surface area contributed by atoms with Crippen molar-refractivity contribution in [1.29, 1.82) is 0 Å². The number of hydrogen-bond acceptors (Lipinski definition) is 2. The molecular formula is C17H13BrClF2NO3. The summed E-state index contributed by atoms with van der Waals surface area (Å²) in [6.07, 6.45) is -0.338. The van der Waals surface area contributed by atoms with E-state index in [-0.39, 0.29) is 18.4 Å². The Kier molecular flexibility index (Phi) is 6.50. The maximum Gasteiger partial charge on any atom is 0.326 e. The number of hydrogen-bond donors (Lipinski definition) is 2. The molecule has 8 heteroatoms. The van der Waals surface area contributed by atoms with E-state index >= 15 is 0 Å². The molecule has 132 valence electrons. The van der Waals surface area contributed by atoms with Crippen molar-refractivity contribution in [2.75, 3.05) is 0 Å². The molecule has 1 atom stereocenters. The topological polar surface area (TPSA) is 66.4 Å². The predicted molar refractivity (Wildman–Crippen MR) is 92.5 cm³/mol. The molecule has 25 heavy (non-hydrogen) atoms. The van der Waals surface area contributed by atoms with Gasteiger partial charge in [0.15, 0.2) is 0 Å². The van der Waals surface area contributed by atoms with Gasteiger partial charge in [0.05, 0.1) is 6.42 Å². The first-order valence-corrected chi connectivity index (χ1v) is 8.33. The molecule has 0 fully saturated rings. The molecule has 2 aromatic rings. The fraction of sp³-hybridized carbons (Fsp3) is 0.176. The molecule has 0 aliphatic rings. The van der Waals surface area contributed by atoms with E-state index in [9.17, 15) is 23.5 Å². The molecule has 1 amide bonds. The van der Waals surface area contributed by atoms with Crippen LogP contribution in [0.4, 0.5) is 8.78 Å². The number of carboxylic acid groups (broad SMARTS) is 1. The summed E-state index contributed by atoms with van der Waals surface area (Å²) in [5.41, 5.74) is 0.722. The summed E-state index contributed by atoms with van der Waals surface area (Å²) in [5.74, 6) is -3.50. The summed E-state index contributed by atoms with van der Waals surface area (Å²) in [6.45, 7) is 0. The van der Waals surface area contributed by atoms with Crippen molar-refractivity contribution in [2.24, 2.45) is 0 Å². The Morgan fingerprint density at radius 3 is 2.40 bits per heavy atom. The zero-order chi connectivity index (χ0) is 18.6. The van der Waals surface area contributed by atoms with Crippen molar-refractivity contribution in [3.63, 3.8) is 0 Å². The van der Waals surface area contributed by atoms with Crippen LogP contribution in [-0.2, 0) is 22.4 Å². The van der Waals surface area contributed by atoms with Gasteiger partial charge in [-0.25, -0.2) is 13.6 Å². The highest BCUT2D eigenvalue weighted by atomic mass is 79.9. The lowest BCUT2D eigenvalue weighted by atomic mass is 10.1. The largest absolute Gasteiger partial charge is 0.480 e. The Morgan fingerprint density at radius 2 is 1.80 bits per heavy atom. The van der Waals surface area contributed by atoms with Crippen LogP contribution in [0.25, 0.3) is 0 Å². The lowest BCUT2D eigenvalue weighted by molar-refractivity contribution is -0.141. The highest BCUT2D eigenvalue weighted by Crippen LogP contribution is 2.22. The van der Waals surface area contributed by atoms with Crippen molar-refractivity contribution in [3.05, 3.63) is 68.7 Å². The minimum Gasteiger partial charge on any atom is -0.480 e. The van der Waals surface area contributed by atoms with E-state index in [1.165, 1.54) is 0 Å². The number of carbonyl (C=O) groups is 2. The number of aliphatic carboxylic acids is 1. The number of halogens is 4. The molecule has 2 aromatic carbocycles. The number of amides is 1. The summed E-state index contributed by atoms with van der Waals surface area (Å²) in [5, 5.41) is 12.1. The van der Waals surface area contributed by atoms with Crippen LogP contribution >= 0.6 is 27.5 Å². The second kappa shape index (κ2) is 8.40. The number of rotatable bonds is 6. The van der Waals surface area contributed by atoms with E-state index < -0.39 is 29.6 Å². The van der Waals surface area contributed by atoms with Gasteiger partial charge >= 0.3 is 5.97 Å². The number of benzene rings is 2. The van der Waals surface area contributed by atoms with Gasteiger partial charge in [-0.1, -0.05) is 27.5 Å². The fourth-order valence-corrected chi connectivity index (χ4v) is 2.87. The van der Waals surface area contributed by atoms with Gasteiger partial charge in [0.2, 0.25) is 5.91 Å². The average Bonchev–Trinajstić information content (AvgIpc) is 2.48. The Bertz CT molecular complexity index is 796. The minimum atomic E-state index is -1.23. The zero-order valence-electron chi connectivity index (χ0n) is 12.7. The monoisotopic (exact) mass is 431 g/mol. The molecule has 2 rings (SSSR count). The molecule has 0 unspecified atom stereocenters. The molecule has 0 aliphatic carbocycles. The number of carboxylic acids is 1. The normalized spacial score (nSPS) is 11.8. The third kappa shape index (κ3) is 5.79. The molecular weight excluding hydrogens is 420 g/mol. The van der Waals surface area contributed by atoms with E-state index in [0.717, 1.165) is 12.1 Å².